The average Bonchev–Trinajstić information content (AvgIpc) is 3.45. The Morgan fingerprint density at radius 1 is 0.944 bits per heavy atom. The van der Waals surface area contributed by atoms with Gasteiger partial charge in [-0.1, -0.05) is 18.2 Å². The second kappa shape index (κ2) is 11.1. The number of primary amides is 1. The van der Waals surface area contributed by atoms with E-state index in [0.29, 0.717) is 17.1 Å². The molecule has 0 atom stereocenters. The number of nitrogens with zero attached hydrogens (tertiary/aromatic N) is 4. The first-order chi connectivity index (χ1) is 15.8. The SMILES string of the molecule is CS(=O)(=O)c1ccc(-c2n[nH]cc2-c2ccc3ncn(-c4ccc(C(N)=O)cn4)c3c2)cc1.Cl.Cl.Cl. The number of nitrogens with two attached hydrogens (primary N) is 1. The van der Waals surface area contributed by atoms with E-state index in [1.54, 1.807) is 48.9 Å². The number of nitrogens with one attached hydrogen (secondary N) is 1. The fourth-order valence-corrected chi connectivity index (χ4v) is 4.25. The third kappa shape index (κ3) is 5.36. The number of benzene rings is 2. The van der Waals surface area contributed by atoms with Gasteiger partial charge in [0.05, 0.1) is 27.2 Å². The van der Waals surface area contributed by atoms with Crippen LogP contribution in [0.5, 0.6) is 0 Å². The number of amides is 1. The third-order valence-electron chi connectivity index (χ3n) is 5.33. The molecule has 1 amide bonds. The Kier molecular flexibility index (Phi) is 8.87. The number of carbonyl (C=O) groups is 1. The second-order valence-electron chi connectivity index (χ2n) is 7.53. The van der Waals surface area contributed by atoms with Crippen LogP contribution in [0.1, 0.15) is 10.4 Å². The van der Waals surface area contributed by atoms with Crippen molar-refractivity contribution in [3.8, 4) is 28.2 Å². The van der Waals surface area contributed by atoms with Gasteiger partial charge in [0.2, 0.25) is 5.91 Å². The largest absolute Gasteiger partial charge is 0.366 e. The molecule has 0 fully saturated rings. The summed E-state index contributed by atoms with van der Waals surface area (Å²) >= 11 is 0. The van der Waals surface area contributed by atoms with Crippen molar-refractivity contribution >= 4 is 64.0 Å². The molecule has 2 aromatic carbocycles. The zero-order valence-electron chi connectivity index (χ0n) is 18.7. The van der Waals surface area contributed by atoms with Gasteiger partial charge in [0, 0.05) is 29.8 Å². The number of carbonyl (C=O) groups excluding carboxylic acids is 1. The maximum atomic E-state index is 11.8. The van der Waals surface area contributed by atoms with Crippen LogP contribution in [0.3, 0.4) is 0 Å². The number of halogens is 3. The monoisotopic (exact) mass is 566 g/mol. The zero-order chi connectivity index (χ0) is 23.2. The highest BCUT2D eigenvalue weighted by Gasteiger charge is 2.15. The molecule has 0 unspecified atom stereocenters. The molecular weight excluding hydrogens is 547 g/mol. The molecule has 5 aromatic rings. The molecule has 3 heterocycles. The molecule has 0 aliphatic carbocycles. The Labute approximate surface area is 225 Å². The lowest BCUT2D eigenvalue weighted by atomic mass is 10.0. The van der Waals surface area contributed by atoms with Crippen molar-refractivity contribution in [1.82, 2.24) is 24.7 Å². The maximum Gasteiger partial charge on any atom is 0.250 e. The van der Waals surface area contributed by atoms with Gasteiger partial charge in [0.15, 0.2) is 9.84 Å². The number of sulfone groups is 1. The number of aromatic nitrogens is 5. The molecular formula is C23H21Cl3N6O3S. The molecule has 0 saturated carbocycles. The van der Waals surface area contributed by atoms with Crippen molar-refractivity contribution in [2.45, 2.75) is 4.90 Å². The van der Waals surface area contributed by atoms with Crippen LogP contribution in [0.4, 0.5) is 0 Å². The molecule has 188 valence electrons. The highest BCUT2D eigenvalue weighted by atomic mass is 35.5. The number of pyridine rings is 1. The molecule has 0 aliphatic heterocycles. The smallest absolute Gasteiger partial charge is 0.250 e. The number of fused-ring (bicyclic) bond motifs is 1. The summed E-state index contributed by atoms with van der Waals surface area (Å²) in [6.45, 7) is 0. The lowest BCUT2D eigenvalue weighted by Crippen LogP contribution is -2.11. The van der Waals surface area contributed by atoms with Crippen molar-refractivity contribution < 1.29 is 13.2 Å². The van der Waals surface area contributed by atoms with Crippen LogP contribution >= 0.6 is 37.2 Å². The molecule has 3 N–H and O–H groups in total. The molecule has 0 spiro atoms. The van der Waals surface area contributed by atoms with Crippen LogP contribution in [-0.2, 0) is 9.84 Å². The van der Waals surface area contributed by atoms with Gasteiger partial charge in [0.25, 0.3) is 0 Å². The molecule has 9 nitrogen and oxygen atoms in total. The standard InChI is InChI=1S/C23H18N6O3S.3ClH/c1-33(31,32)17-6-2-14(3-7-17)22-18(12-27-28-22)15-4-8-19-20(10-15)29(13-26-19)21-9-5-16(11-25-21)23(24)30;;;/h2-13H,1H3,(H2,24,30)(H,27,28);3*1H. The summed E-state index contributed by atoms with van der Waals surface area (Å²) in [5.41, 5.74) is 10.5. The van der Waals surface area contributed by atoms with E-state index in [2.05, 4.69) is 20.2 Å². The maximum absolute atomic E-state index is 11.8. The zero-order valence-corrected chi connectivity index (χ0v) is 21.9. The molecule has 0 saturated heterocycles. The summed E-state index contributed by atoms with van der Waals surface area (Å²) in [5.74, 6) is 0.0623. The Morgan fingerprint density at radius 3 is 2.25 bits per heavy atom. The highest BCUT2D eigenvalue weighted by Crippen LogP contribution is 2.32. The van der Waals surface area contributed by atoms with Gasteiger partial charge < -0.3 is 5.73 Å². The third-order valence-corrected chi connectivity index (χ3v) is 6.46. The van der Waals surface area contributed by atoms with Crippen LogP contribution in [0.15, 0.2) is 78.2 Å². The minimum absolute atomic E-state index is 0. The molecule has 3 aromatic heterocycles. The summed E-state index contributed by atoms with van der Waals surface area (Å²) in [7, 11) is -3.28. The number of hydrogen-bond acceptors (Lipinski definition) is 6. The van der Waals surface area contributed by atoms with Crippen LogP contribution in [0.25, 0.3) is 39.2 Å². The summed E-state index contributed by atoms with van der Waals surface area (Å²) in [4.78, 5) is 20.4. The van der Waals surface area contributed by atoms with E-state index in [1.807, 2.05) is 22.8 Å². The molecule has 13 heteroatoms. The predicted octanol–water partition coefficient (Wildman–Crippen LogP) is 4.25. The number of imidazole rings is 1. The lowest BCUT2D eigenvalue weighted by Gasteiger charge is -2.07. The number of H-pyrrole nitrogens is 1. The number of rotatable bonds is 5. The fourth-order valence-electron chi connectivity index (χ4n) is 3.62. The average molecular weight is 568 g/mol. The van der Waals surface area contributed by atoms with Crippen LogP contribution in [-0.4, -0.2) is 45.3 Å². The van der Waals surface area contributed by atoms with Gasteiger partial charge in [-0.05, 0) is 42.0 Å². The molecule has 0 bridgehead atoms. The first-order valence-electron chi connectivity index (χ1n) is 9.89. The van der Waals surface area contributed by atoms with E-state index in [9.17, 15) is 13.2 Å². The van der Waals surface area contributed by atoms with E-state index in [0.717, 1.165) is 27.7 Å². The van der Waals surface area contributed by atoms with Crippen molar-refractivity contribution in [3.05, 3.63) is 78.9 Å². The van der Waals surface area contributed by atoms with Gasteiger partial charge in [-0.15, -0.1) is 37.2 Å². The molecule has 0 radical (unpaired) electrons. The minimum Gasteiger partial charge on any atom is -0.366 e. The van der Waals surface area contributed by atoms with Gasteiger partial charge in [0.1, 0.15) is 12.1 Å². The predicted molar refractivity (Wildman–Crippen MR) is 145 cm³/mol. The van der Waals surface area contributed by atoms with Crippen molar-refractivity contribution in [2.24, 2.45) is 5.73 Å². The topological polar surface area (TPSA) is 137 Å². The molecule has 36 heavy (non-hydrogen) atoms. The first kappa shape index (κ1) is 28.8. The summed E-state index contributed by atoms with van der Waals surface area (Å²) in [6, 6.07) is 15.8. The van der Waals surface area contributed by atoms with Crippen molar-refractivity contribution in [1.29, 1.82) is 0 Å². The summed E-state index contributed by atoms with van der Waals surface area (Å²) in [5, 5.41) is 7.27. The Bertz CT molecular complexity index is 1620. The van der Waals surface area contributed by atoms with E-state index < -0.39 is 15.7 Å². The summed E-state index contributed by atoms with van der Waals surface area (Å²) in [6.07, 6.45) is 6.07. The van der Waals surface area contributed by atoms with Crippen LogP contribution in [0, 0.1) is 0 Å². The Morgan fingerprint density at radius 2 is 1.64 bits per heavy atom. The van der Waals surface area contributed by atoms with E-state index in [4.69, 9.17) is 5.73 Å². The number of hydrogen-bond donors (Lipinski definition) is 2. The van der Waals surface area contributed by atoms with E-state index in [1.165, 1.54) is 12.5 Å². The summed E-state index contributed by atoms with van der Waals surface area (Å²) < 4.78 is 25.3. The Balaban J connectivity index is 0.00000152. The highest BCUT2D eigenvalue weighted by molar-refractivity contribution is 7.90. The first-order valence-corrected chi connectivity index (χ1v) is 11.8. The van der Waals surface area contributed by atoms with Gasteiger partial charge >= 0.3 is 0 Å². The minimum atomic E-state index is -3.28. The van der Waals surface area contributed by atoms with Crippen LogP contribution < -0.4 is 5.73 Å². The second-order valence-corrected chi connectivity index (χ2v) is 9.55. The molecule has 0 aliphatic rings. The fraction of sp³-hybridized carbons (Fsp3) is 0.0435. The van der Waals surface area contributed by atoms with Crippen molar-refractivity contribution in [2.75, 3.05) is 6.26 Å². The van der Waals surface area contributed by atoms with E-state index >= 15 is 0 Å². The number of aromatic amines is 1. The molecule has 5 rings (SSSR count). The van der Waals surface area contributed by atoms with Gasteiger partial charge in [-0.2, -0.15) is 5.10 Å². The normalized spacial score (nSPS) is 10.7. The van der Waals surface area contributed by atoms with Gasteiger partial charge in [-0.25, -0.2) is 18.4 Å². The van der Waals surface area contributed by atoms with Gasteiger partial charge in [-0.3, -0.25) is 14.5 Å². The lowest BCUT2D eigenvalue weighted by molar-refractivity contribution is 0.1000. The van der Waals surface area contributed by atoms with E-state index in [-0.39, 0.29) is 42.1 Å². The van der Waals surface area contributed by atoms with Crippen LogP contribution in [0.2, 0.25) is 0 Å². The Hall–Kier alpha value is -3.44. The quantitative estimate of drug-likeness (QED) is 0.326. The van der Waals surface area contributed by atoms with Crippen molar-refractivity contribution in [3.63, 3.8) is 0 Å².